The highest BCUT2D eigenvalue weighted by molar-refractivity contribution is 5.84. The second kappa shape index (κ2) is 8.40. The lowest BCUT2D eigenvalue weighted by Crippen LogP contribution is -2.46. The van der Waals surface area contributed by atoms with Gasteiger partial charge in [-0.1, -0.05) is 35.5 Å². The van der Waals surface area contributed by atoms with Gasteiger partial charge in [0.25, 0.3) is 0 Å². The number of aromatic hydroxyl groups is 1. The molecule has 5 rings (SSSR count). The molecule has 158 valence electrons. The Labute approximate surface area is 180 Å². The van der Waals surface area contributed by atoms with Gasteiger partial charge in [0.05, 0.1) is 11.3 Å². The predicted molar refractivity (Wildman–Crippen MR) is 119 cm³/mol. The van der Waals surface area contributed by atoms with Gasteiger partial charge < -0.3 is 14.5 Å². The van der Waals surface area contributed by atoms with Gasteiger partial charge in [-0.3, -0.25) is 4.90 Å². The van der Waals surface area contributed by atoms with Crippen molar-refractivity contribution in [1.82, 2.24) is 10.1 Å². The van der Waals surface area contributed by atoms with Crippen LogP contribution in [-0.4, -0.2) is 41.3 Å². The largest absolute Gasteiger partial charge is 0.507 e. The van der Waals surface area contributed by atoms with Gasteiger partial charge >= 0.3 is 0 Å². The number of halogens is 1. The van der Waals surface area contributed by atoms with Crippen LogP contribution in [0.3, 0.4) is 0 Å². The second-order valence-electron chi connectivity index (χ2n) is 7.97. The maximum atomic E-state index is 13.2. The summed E-state index contributed by atoms with van der Waals surface area (Å²) in [7, 11) is 0. The number of phenolic OH excluding ortho intramolecular Hbond substituents is 1. The number of nitrogens with zero attached hydrogens (tertiary/aromatic N) is 3. The van der Waals surface area contributed by atoms with Crippen molar-refractivity contribution < 1.29 is 14.0 Å². The number of piperazine rings is 1. The van der Waals surface area contributed by atoms with E-state index in [0.29, 0.717) is 18.5 Å². The van der Waals surface area contributed by atoms with Gasteiger partial charge in [-0.05, 0) is 42.0 Å². The molecule has 0 aliphatic carbocycles. The molecule has 0 amide bonds. The third-order valence-corrected chi connectivity index (χ3v) is 5.95. The van der Waals surface area contributed by atoms with Gasteiger partial charge in [0.2, 0.25) is 0 Å². The van der Waals surface area contributed by atoms with Gasteiger partial charge in [0, 0.05) is 50.2 Å². The number of aromatic nitrogens is 1. The Balaban J connectivity index is 1.31. The normalized spacial score (nSPS) is 14.9. The Hall–Kier alpha value is -3.38. The highest BCUT2D eigenvalue weighted by Crippen LogP contribution is 2.31. The van der Waals surface area contributed by atoms with E-state index in [0.717, 1.165) is 48.5 Å². The van der Waals surface area contributed by atoms with Crippen molar-refractivity contribution in [2.45, 2.75) is 13.0 Å². The van der Waals surface area contributed by atoms with Crippen molar-refractivity contribution in [2.75, 3.05) is 31.1 Å². The lowest BCUT2D eigenvalue weighted by molar-refractivity contribution is 0.246. The third-order valence-electron chi connectivity index (χ3n) is 5.95. The van der Waals surface area contributed by atoms with Crippen LogP contribution in [0.2, 0.25) is 0 Å². The van der Waals surface area contributed by atoms with E-state index in [1.54, 1.807) is 6.07 Å². The minimum absolute atomic E-state index is 0.218. The van der Waals surface area contributed by atoms with E-state index in [1.165, 1.54) is 17.7 Å². The number of benzene rings is 3. The third kappa shape index (κ3) is 4.11. The number of fused-ring (bicyclic) bond motifs is 1. The Kier molecular flexibility index (Phi) is 5.30. The highest BCUT2D eigenvalue weighted by atomic mass is 19.1. The van der Waals surface area contributed by atoms with E-state index in [4.69, 9.17) is 4.52 Å². The van der Waals surface area contributed by atoms with Crippen LogP contribution in [-0.2, 0) is 13.0 Å². The monoisotopic (exact) mass is 417 g/mol. The lowest BCUT2D eigenvalue weighted by Gasteiger charge is -2.36. The van der Waals surface area contributed by atoms with Crippen LogP contribution in [0, 0.1) is 5.82 Å². The molecule has 31 heavy (non-hydrogen) atoms. The molecule has 4 aromatic rings. The van der Waals surface area contributed by atoms with Crippen LogP contribution in [0.5, 0.6) is 5.75 Å². The summed E-state index contributed by atoms with van der Waals surface area (Å²) in [5.74, 6) is 0.0144. The number of anilines is 1. The van der Waals surface area contributed by atoms with Crippen molar-refractivity contribution in [2.24, 2.45) is 0 Å². The molecule has 0 bridgehead atoms. The summed E-state index contributed by atoms with van der Waals surface area (Å²) in [5.41, 5.74) is 4.52. The summed E-state index contributed by atoms with van der Waals surface area (Å²) < 4.78 is 18.9. The molecule has 1 fully saturated rings. The van der Waals surface area contributed by atoms with Gasteiger partial charge in [0.1, 0.15) is 11.6 Å². The number of hydrogen-bond acceptors (Lipinski definition) is 5. The molecule has 1 aliphatic heterocycles. The van der Waals surface area contributed by atoms with E-state index in [-0.39, 0.29) is 11.6 Å². The van der Waals surface area contributed by atoms with Crippen LogP contribution < -0.4 is 4.90 Å². The molecule has 0 saturated carbocycles. The fraction of sp³-hybridized carbons (Fsp3) is 0.240. The maximum absolute atomic E-state index is 13.2. The Bertz CT molecular complexity index is 1170. The van der Waals surface area contributed by atoms with Crippen molar-refractivity contribution in [3.8, 4) is 5.75 Å². The molecular weight excluding hydrogens is 393 g/mol. The highest BCUT2D eigenvalue weighted by Gasteiger charge is 2.22. The van der Waals surface area contributed by atoms with Crippen molar-refractivity contribution in [3.05, 3.63) is 89.4 Å². The topological polar surface area (TPSA) is 52.7 Å². The summed E-state index contributed by atoms with van der Waals surface area (Å²) in [6.07, 6.45) is 0.689. The number of hydrogen-bond donors (Lipinski definition) is 1. The summed E-state index contributed by atoms with van der Waals surface area (Å²) >= 11 is 0. The molecule has 0 atom stereocenters. The zero-order valence-electron chi connectivity index (χ0n) is 17.2. The molecular formula is C25H24FN3O2. The molecule has 6 heteroatoms. The van der Waals surface area contributed by atoms with Crippen LogP contribution in [0.25, 0.3) is 11.0 Å². The summed E-state index contributed by atoms with van der Waals surface area (Å²) in [6.45, 7) is 3.98. The maximum Gasteiger partial charge on any atom is 0.175 e. The number of phenols is 1. The molecule has 1 saturated heterocycles. The zero-order valence-corrected chi connectivity index (χ0v) is 17.2. The first-order valence-corrected chi connectivity index (χ1v) is 10.5. The summed E-state index contributed by atoms with van der Waals surface area (Å²) in [4.78, 5) is 4.55. The Morgan fingerprint density at radius 3 is 2.39 bits per heavy atom. The molecule has 3 aromatic carbocycles. The fourth-order valence-corrected chi connectivity index (χ4v) is 4.21. The first-order chi connectivity index (χ1) is 15.2. The molecule has 1 aromatic heterocycles. The average Bonchev–Trinajstić information content (AvgIpc) is 3.20. The van der Waals surface area contributed by atoms with E-state index >= 15 is 0 Å². The smallest absolute Gasteiger partial charge is 0.175 e. The molecule has 0 radical (unpaired) electrons. The Morgan fingerprint density at radius 2 is 1.65 bits per heavy atom. The SMILES string of the molecule is Oc1ccc2c(Cc3ccccc3)noc2c1CN1CCN(c2ccc(F)cc2)CC1. The van der Waals surface area contributed by atoms with Crippen LogP contribution in [0.15, 0.2) is 71.3 Å². The minimum Gasteiger partial charge on any atom is -0.507 e. The minimum atomic E-state index is -0.218. The second-order valence-corrected chi connectivity index (χ2v) is 7.97. The standard InChI is InChI=1S/C25H24FN3O2/c26-19-6-8-20(9-7-19)29-14-12-28(13-15-29)17-22-24(30)11-10-21-23(27-31-25(21)22)16-18-4-2-1-3-5-18/h1-11,30H,12-17H2. The zero-order chi connectivity index (χ0) is 21.2. The van der Waals surface area contributed by atoms with Crippen LogP contribution in [0.4, 0.5) is 10.1 Å². The first kappa shape index (κ1) is 19.6. The summed E-state index contributed by atoms with van der Waals surface area (Å²) in [5, 5.41) is 15.8. The Morgan fingerprint density at radius 1 is 0.903 bits per heavy atom. The molecule has 2 heterocycles. The van der Waals surface area contributed by atoms with Crippen LogP contribution >= 0.6 is 0 Å². The van der Waals surface area contributed by atoms with E-state index in [2.05, 4.69) is 27.1 Å². The van der Waals surface area contributed by atoms with Crippen LogP contribution in [0.1, 0.15) is 16.8 Å². The first-order valence-electron chi connectivity index (χ1n) is 10.5. The molecule has 1 aliphatic rings. The lowest BCUT2D eigenvalue weighted by atomic mass is 10.0. The molecule has 0 unspecified atom stereocenters. The molecule has 5 nitrogen and oxygen atoms in total. The van der Waals surface area contributed by atoms with E-state index in [9.17, 15) is 9.50 Å². The van der Waals surface area contributed by atoms with E-state index < -0.39 is 0 Å². The van der Waals surface area contributed by atoms with Gasteiger partial charge in [0.15, 0.2) is 5.58 Å². The quantitative estimate of drug-likeness (QED) is 0.515. The van der Waals surface area contributed by atoms with E-state index in [1.807, 2.05) is 36.4 Å². The van der Waals surface area contributed by atoms with Gasteiger partial charge in [-0.25, -0.2) is 4.39 Å². The molecule has 0 spiro atoms. The summed E-state index contributed by atoms with van der Waals surface area (Å²) in [6, 6.07) is 20.4. The fourth-order valence-electron chi connectivity index (χ4n) is 4.21. The predicted octanol–water partition coefficient (Wildman–Crippen LogP) is 4.59. The van der Waals surface area contributed by atoms with Gasteiger partial charge in [-0.2, -0.15) is 0 Å². The molecule has 1 N–H and O–H groups in total. The van der Waals surface area contributed by atoms with Crippen molar-refractivity contribution >= 4 is 16.7 Å². The van der Waals surface area contributed by atoms with Crippen molar-refractivity contribution in [3.63, 3.8) is 0 Å². The van der Waals surface area contributed by atoms with Gasteiger partial charge in [-0.15, -0.1) is 0 Å². The number of rotatable bonds is 5. The van der Waals surface area contributed by atoms with Crippen molar-refractivity contribution in [1.29, 1.82) is 0 Å². The average molecular weight is 417 g/mol.